The predicted octanol–water partition coefficient (Wildman–Crippen LogP) is 2.74. The molecule has 1 aromatic heterocycles. The van der Waals surface area contributed by atoms with Crippen molar-refractivity contribution in [2.24, 2.45) is 0 Å². The van der Waals surface area contributed by atoms with Gasteiger partial charge in [-0.3, -0.25) is 23.5 Å². The van der Waals surface area contributed by atoms with Gasteiger partial charge in [0.1, 0.15) is 24.0 Å². The zero-order valence-electron chi connectivity index (χ0n) is 17.1. The van der Waals surface area contributed by atoms with E-state index >= 15 is 0 Å². The van der Waals surface area contributed by atoms with Crippen LogP contribution in [0.2, 0.25) is 25.7 Å². The maximum Gasteiger partial charge on any atom is 0.431 e. The van der Waals surface area contributed by atoms with Crippen LogP contribution in [0.1, 0.15) is 19.5 Å². The fourth-order valence-corrected chi connectivity index (χ4v) is 2.63. The number of nitrogens with zero attached hydrogens (tertiary/aromatic N) is 2. The topological polar surface area (TPSA) is 87.4 Å². The first kappa shape index (κ1) is 27.3. The SMILES string of the molecule is CC(=O)CCl.CC(=O)Cn1c(=O)cc(C(F)(F)F)n(COCC[Si](C)(C)C)c1=O. The van der Waals surface area contributed by atoms with E-state index in [-0.39, 0.29) is 18.3 Å². The Hall–Kier alpha value is -1.72. The molecule has 1 aromatic rings. The second-order valence-electron chi connectivity index (χ2n) is 7.55. The molecule has 0 aliphatic rings. The van der Waals surface area contributed by atoms with Crippen molar-refractivity contribution in [3.05, 3.63) is 32.6 Å². The van der Waals surface area contributed by atoms with Crippen molar-refractivity contribution in [3.8, 4) is 0 Å². The number of carbonyl (C=O) groups excluding carboxylic acids is 2. The molecule has 0 aliphatic heterocycles. The molecule has 0 atom stereocenters. The van der Waals surface area contributed by atoms with Crippen LogP contribution in [0.3, 0.4) is 0 Å². The molecule has 0 aliphatic carbocycles. The van der Waals surface area contributed by atoms with Crippen molar-refractivity contribution in [1.29, 1.82) is 0 Å². The number of halogens is 4. The molecule has 7 nitrogen and oxygen atoms in total. The number of ether oxygens (including phenoxy) is 1. The number of hydrogen-bond donors (Lipinski definition) is 0. The molecule has 0 unspecified atom stereocenters. The van der Waals surface area contributed by atoms with Gasteiger partial charge >= 0.3 is 11.9 Å². The van der Waals surface area contributed by atoms with Crippen molar-refractivity contribution in [3.63, 3.8) is 0 Å². The van der Waals surface area contributed by atoms with Gasteiger partial charge in [-0.1, -0.05) is 19.6 Å². The van der Waals surface area contributed by atoms with E-state index in [1.807, 2.05) is 0 Å². The van der Waals surface area contributed by atoms with Gasteiger partial charge in [0.2, 0.25) is 0 Å². The molecule has 1 heterocycles. The first-order valence-corrected chi connectivity index (χ1v) is 12.9. The summed E-state index contributed by atoms with van der Waals surface area (Å²) in [6, 6.07) is 1.03. The van der Waals surface area contributed by atoms with Crippen molar-refractivity contribution in [1.82, 2.24) is 9.13 Å². The summed E-state index contributed by atoms with van der Waals surface area (Å²) in [6.07, 6.45) is -4.88. The zero-order chi connectivity index (χ0) is 23.0. The van der Waals surface area contributed by atoms with Crippen LogP contribution < -0.4 is 11.2 Å². The standard InChI is InChI=1S/C14H21F3N2O4Si.C3H5ClO/c1-10(20)8-18-12(21)7-11(14(15,16)17)19(13(18)22)9-23-5-6-24(2,3)4;1-3(5)2-4/h7H,5-6,8-9H2,1-4H3;2H2,1H3. The lowest BCUT2D eigenvalue weighted by Crippen LogP contribution is -2.44. The van der Waals surface area contributed by atoms with Crippen LogP contribution in [0.15, 0.2) is 15.7 Å². The monoisotopic (exact) mass is 458 g/mol. The van der Waals surface area contributed by atoms with E-state index in [4.69, 9.17) is 16.3 Å². The van der Waals surface area contributed by atoms with E-state index in [2.05, 4.69) is 19.6 Å². The molecule has 0 spiro atoms. The number of carbonyl (C=O) groups is 2. The molecule has 0 bridgehead atoms. The first-order chi connectivity index (χ1) is 13.1. The van der Waals surface area contributed by atoms with Crippen LogP contribution in [-0.4, -0.2) is 41.3 Å². The summed E-state index contributed by atoms with van der Waals surface area (Å²) >= 11 is 4.99. The van der Waals surface area contributed by atoms with Gasteiger partial charge in [0.15, 0.2) is 0 Å². The molecule has 0 saturated heterocycles. The number of hydrogen-bond acceptors (Lipinski definition) is 5. The summed E-state index contributed by atoms with van der Waals surface area (Å²) in [4.78, 5) is 44.7. The molecule has 0 radical (unpaired) electrons. The lowest BCUT2D eigenvalue weighted by molar-refractivity contribution is -0.147. The maximum absolute atomic E-state index is 13.1. The fraction of sp³-hybridized carbons (Fsp3) is 0.647. The third-order valence-corrected chi connectivity index (χ3v) is 5.44. The van der Waals surface area contributed by atoms with E-state index in [0.717, 1.165) is 13.0 Å². The minimum atomic E-state index is -4.88. The summed E-state index contributed by atoms with van der Waals surface area (Å²) < 4.78 is 45.3. The highest BCUT2D eigenvalue weighted by atomic mass is 35.5. The number of ketones is 2. The molecule has 0 saturated carbocycles. The smallest absolute Gasteiger partial charge is 0.361 e. The largest absolute Gasteiger partial charge is 0.431 e. The third-order valence-electron chi connectivity index (χ3n) is 3.36. The highest BCUT2D eigenvalue weighted by molar-refractivity contribution is 6.76. The van der Waals surface area contributed by atoms with Crippen LogP contribution in [0, 0.1) is 0 Å². The highest BCUT2D eigenvalue weighted by Crippen LogP contribution is 2.27. The van der Waals surface area contributed by atoms with Crippen molar-refractivity contribution >= 4 is 31.2 Å². The maximum atomic E-state index is 13.1. The minimum absolute atomic E-state index is 0.0201. The molecule has 12 heteroatoms. The normalized spacial score (nSPS) is 11.6. The Morgan fingerprint density at radius 1 is 1.10 bits per heavy atom. The van der Waals surface area contributed by atoms with Gasteiger partial charge in [-0.05, 0) is 19.9 Å². The van der Waals surface area contributed by atoms with Crippen molar-refractivity contribution in [2.75, 3.05) is 12.5 Å². The van der Waals surface area contributed by atoms with Gasteiger partial charge in [-0.2, -0.15) is 13.2 Å². The molecular formula is C17H26ClF3N2O5Si. The Morgan fingerprint density at radius 2 is 1.62 bits per heavy atom. The minimum Gasteiger partial charge on any atom is -0.361 e. The molecule has 1 rings (SSSR count). The van der Waals surface area contributed by atoms with Crippen LogP contribution in [0.25, 0.3) is 0 Å². The van der Waals surface area contributed by atoms with E-state index in [0.29, 0.717) is 15.2 Å². The van der Waals surface area contributed by atoms with E-state index in [1.165, 1.54) is 6.92 Å². The van der Waals surface area contributed by atoms with E-state index < -0.39 is 50.3 Å². The second-order valence-corrected chi connectivity index (χ2v) is 13.4. The first-order valence-electron chi connectivity index (χ1n) is 8.64. The Kier molecular flexibility index (Phi) is 10.8. The molecule has 0 fully saturated rings. The molecule has 166 valence electrons. The number of alkyl halides is 4. The number of Topliss-reactive ketones (excluding diaryl/α,β-unsaturated/α-hetero) is 2. The molecular weight excluding hydrogens is 433 g/mol. The summed E-state index contributed by atoms with van der Waals surface area (Å²) in [5, 5.41) is 0. The van der Waals surface area contributed by atoms with Crippen LogP contribution >= 0.6 is 11.6 Å². The number of aromatic nitrogens is 2. The Balaban J connectivity index is 0.00000139. The summed E-state index contributed by atoms with van der Waals surface area (Å²) in [5.41, 5.74) is -3.76. The lowest BCUT2D eigenvalue weighted by atomic mass is 10.3. The molecule has 0 N–H and O–H groups in total. The summed E-state index contributed by atoms with van der Waals surface area (Å²) in [7, 11) is -1.44. The highest BCUT2D eigenvalue weighted by Gasteiger charge is 2.36. The molecule has 29 heavy (non-hydrogen) atoms. The van der Waals surface area contributed by atoms with Crippen molar-refractivity contribution < 1.29 is 27.5 Å². The molecule has 0 aromatic carbocycles. The van der Waals surface area contributed by atoms with Gasteiger partial charge < -0.3 is 4.74 Å². The van der Waals surface area contributed by atoms with E-state index in [1.54, 1.807) is 0 Å². The van der Waals surface area contributed by atoms with Gasteiger partial charge in [0.25, 0.3) is 5.56 Å². The zero-order valence-corrected chi connectivity index (χ0v) is 18.8. The number of rotatable bonds is 8. The Morgan fingerprint density at radius 3 is 2.00 bits per heavy atom. The van der Waals surface area contributed by atoms with Crippen LogP contribution in [-0.2, 0) is 33.8 Å². The summed E-state index contributed by atoms with van der Waals surface area (Å²) in [6.45, 7) is 7.84. The van der Waals surface area contributed by atoms with Gasteiger partial charge in [0, 0.05) is 20.7 Å². The average Bonchev–Trinajstić information content (AvgIpc) is 2.55. The van der Waals surface area contributed by atoms with Gasteiger partial charge in [-0.15, -0.1) is 11.6 Å². The van der Waals surface area contributed by atoms with Gasteiger partial charge in [0.05, 0.1) is 12.4 Å². The van der Waals surface area contributed by atoms with Gasteiger partial charge in [-0.25, -0.2) is 4.79 Å². The lowest BCUT2D eigenvalue weighted by Gasteiger charge is -2.19. The van der Waals surface area contributed by atoms with E-state index in [9.17, 15) is 32.3 Å². The van der Waals surface area contributed by atoms with Crippen LogP contribution in [0.5, 0.6) is 0 Å². The Bertz CT molecular complexity index is 828. The Labute approximate surface area is 172 Å². The fourth-order valence-electron chi connectivity index (χ4n) is 1.88. The van der Waals surface area contributed by atoms with Crippen LogP contribution in [0.4, 0.5) is 13.2 Å². The third kappa shape index (κ3) is 10.6. The summed E-state index contributed by atoms with van der Waals surface area (Å²) in [5.74, 6) is -0.355. The average molecular weight is 459 g/mol. The van der Waals surface area contributed by atoms with Crippen molar-refractivity contribution in [2.45, 2.75) is 59.0 Å². The molecule has 0 amide bonds. The quantitative estimate of drug-likeness (QED) is 0.339. The predicted molar refractivity (Wildman–Crippen MR) is 106 cm³/mol. The second kappa shape index (κ2) is 11.5.